The minimum absolute atomic E-state index is 0.0979. The fourth-order valence-corrected chi connectivity index (χ4v) is 4.28. The fraction of sp³-hybridized carbons (Fsp3) is 0.118. The van der Waals surface area contributed by atoms with Gasteiger partial charge < -0.3 is 4.90 Å². The minimum atomic E-state index is -4.20. The second-order valence-corrected chi connectivity index (χ2v) is 7.95. The molecule has 0 aliphatic carbocycles. The first-order valence-electron chi connectivity index (χ1n) is 7.51. The van der Waals surface area contributed by atoms with Gasteiger partial charge in [-0.2, -0.15) is 8.42 Å². The smallest absolute Gasteiger partial charge is 0.294 e. The van der Waals surface area contributed by atoms with E-state index in [1.165, 1.54) is 35.6 Å². The first kappa shape index (κ1) is 16.2. The summed E-state index contributed by atoms with van der Waals surface area (Å²) in [4.78, 5) is 6.53. The monoisotopic (exact) mass is 376 g/mol. The van der Waals surface area contributed by atoms with Crippen molar-refractivity contribution in [3.8, 4) is 11.3 Å². The van der Waals surface area contributed by atoms with E-state index in [9.17, 15) is 17.4 Å². The highest BCUT2D eigenvalue weighted by Gasteiger charge is 2.25. The molecule has 8 heteroatoms. The zero-order chi connectivity index (χ0) is 17.6. The number of nitrogens with zero attached hydrogens (tertiary/aromatic N) is 2. The number of thiazole rings is 1. The van der Waals surface area contributed by atoms with Gasteiger partial charge in [-0.25, -0.2) is 9.37 Å². The van der Waals surface area contributed by atoms with Gasteiger partial charge >= 0.3 is 0 Å². The van der Waals surface area contributed by atoms with E-state index in [1.807, 2.05) is 10.3 Å². The molecule has 0 amide bonds. The van der Waals surface area contributed by atoms with E-state index < -0.39 is 10.1 Å². The normalized spacial score (nSPS) is 13.9. The molecule has 1 aromatic heterocycles. The molecule has 0 radical (unpaired) electrons. The number of benzene rings is 2. The summed E-state index contributed by atoms with van der Waals surface area (Å²) in [6.07, 6.45) is 0.671. The van der Waals surface area contributed by atoms with Crippen molar-refractivity contribution in [3.05, 3.63) is 59.2 Å². The summed E-state index contributed by atoms with van der Waals surface area (Å²) in [5.74, 6) is -0.290. The van der Waals surface area contributed by atoms with Crippen molar-refractivity contribution in [1.29, 1.82) is 0 Å². The quantitative estimate of drug-likeness (QED) is 0.702. The fourth-order valence-electron chi connectivity index (χ4n) is 2.88. The average Bonchev–Trinajstić information content (AvgIpc) is 3.20. The molecule has 2 heterocycles. The highest BCUT2D eigenvalue weighted by Crippen LogP contribution is 2.38. The van der Waals surface area contributed by atoms with E-state index in [0.717, 1.165) is 27.6 Å². The molecule has 128 valence electrons. The van der Waals surface area contributed by atoms with E-state index in [4.69, 9.17) is 0 Å². The van der Waals surface area contributed by atoms with E-state index in [2.05, 4.69) is 4.98 Å². The van der Waals surface area contributed by atoms with Crippen molar-refractivity contribution in [1.82, 2.24) is 4.98 Å². The van der Waals surface area contributed by atoms with Crippen molar-refractivity contribution in [2.24, 2.45) is 0 Å². The summed E-state index contributed by atoms with van der Waals surface area (Å²) < 4.78 is 44.8. The number of hydrogen-bond donors (Lipinski definition) is 1. The van der Waals surface area contributed by atoms with E-state index in [-0.39, 0.29) is 10.7 Å². The van der Waals surface area contributed by atoms with Gasteiger partial charge in [0.15, 0.2) is 5.13 Å². The van der Waals surface area contributed by atoms with Gasteiger partial charge in [-0.15, -0.1) is 11.3 Å². The number of fused-ring (bicyclic) bond motifs is 1. The van der Waals surface area contributed by atoms with Crippen molar-refractivity contribution in [3.63, 3.8) is 0 Å². The van der Waals surface area contributed by atoms with Crippen molar-refractivity contribution < 1.29 is 17.4 Å². The summed E-state index contributed by atoms with van der Waals surface area (Å²) in [7, 11) is -4.20. The van der Waals surface area contributed by atoms with Gasteiger partial charge in [0.1, 0.15) is 5.82 Å². The summed E-state index contributed by atoms with van der Waals surface area (Å²) in [6.45, 7) is 0.681. The van der Waals surface area contributed by atoms with Crippen LogP contribution in [-0.4, -0.2) is 24.5 Å². The van der Waals surface area contributed by atoms with Gasteiger partial charge in [0, 0.05) is 23.2 Å². The van der Waals surface area contributed by atoms with Crippen LogP contribution < -0.4 is 4.90 Å². The number of halogens is 1. The summed E-state index contributed by atoms with van der Waals surface area (Å²) in [6, 6.07) is 10.7. The molecule has 3 aromatic rings. The second-order valence-electron chi connectivity index (χ2n) is 5.69. The zero-order valence-electron chi connectivity index (χ0n) is 12.9. The van der Waals surface area contributed by atoms with Crippen LogP contribution in [0.1, 0.15) is 5.56 Å². The molecule has 1 aliphatic rings. The number of rotatable bonds is 3. The van der Waals surface area contributed by atoms with Crippen LogP contribution >= 0.6 is 11.3 Å². The molecule has 0 unspecified atom stereocenters. The lowest BCUT2D eigenvalue weighted by Gasteiger charge is -2.15. The third-order valence-corrected chi connectivity index (χ3v) is 5.82. The maximum Gasteiger partial charge on any atom is 0.294 e. The third-order valence-electron chi connectivity index (χ3n) is 4.11. The molecule has 4 rings (SSSR count). The largest absolute Gasteiger partial charge is 0.317 e. The first-order valence-corrected chi connectivity index (χ1v) is 9.83. The Bertz CT molecular complexity index is 1050. The Morgan fingerprint density at radius 3 is 2.64 bits per heavy atom. The number of aromatic nitrogens is 1. The molecule has 0 atom stereocenters. The summed E-state index contributed by atoms with van der Waals surface area (Å²) in [5, 5.41) is 2.70. The molecular formula is C17H13FN2O3S2. The molecule has 2 aromatic carbocycles. The highest BCUT2D eigenvalue weighted by atomic mass is 32.2. The van der Waals surface area contributed by atoms with Crippen molar-refractivity contribution in [2.45, 2.75) is 11.3 Å². The maximum atomic E-state index is 13.0. The van der Waals surface area contributed by atoms with Crippen LogP contribution in [0.15, 0.2) is 52.7 Å². The van der Waals surface area contributed by atoms with Gasteiger partial charge in [0.2, 0.25) is 0 Å². The Labute approximate surface area is 148 Å². The molecule has 0 fully saturated rings. The Hall–Kier alpha value is -2.29. The molecule has 25 heavy (non-hydrogen) atoms. The van der Waals surface area contributed by atoms with Gasteiger partial charge in [-0.1, -0.05) is 0 Å². The van der Waals surface area contributed by atoms with E-state index in [0.29, 0.717) is 13.0 Å². The Kier molecular flexibility index (Phi) is 3.82. The average molecular weight is 376 g/mol. The second kappa shape index (κ2) is 5.91. The van der Waals surface area contributed by atoms with E-state index >= 15 is 0 Å². The Morgan fingerprint density at radius 2 is 1.92 bits per heavy atom. The lowest BCUT2D eigenvalue weighted by Crippen LogP contribution is -2.12. The van der Waals surface area contributed by atoms with Crippen LogP contribution in [0.5, 0.6) is 0 Å². The lowest BCUT2D eigenvalue weighted by atomic mass is 10.2. The standard InChI is InChI=1S/C17H13FN2O3S2/c18-13-3-1-11(2-4-13)15-10-24-17(19-15)20-8-7-12-9-14(25(21,22)23)5-6-16(12)20/h1-6,9-10H,7-8H2,(H,21,22,23). The number of anilines is 2. The van der Waals surface area contributed by atoms with Crippen molar-refractivity contribution >= 4 is 32.3 Å². The number of hydrogen-bond acceptors (Lipinski definition) is 5. The van der Waals surface area contributed by atoms with Crippen molar-refractivity contribution in [2.75, 3.05) is 11.4 Å². The van der Waals surface area contributed by atoms with Crippen LogP contribution in [0.2, 0.25) is 0 Å². The predicted molar refractivity (Wildman–Crippen MR) is 94.5 cm³/mol. The molecule has 0 spiro atoms. The lowest BCUT2D eigenvalue weighted by molar-refractivity contribution is 0.483. The zero-order valence-corrected chi connectivity index (χ0v) is 14.5. The minimum Gasteiger partial charge on any atom is -0.317 e. The van der Waals surface area contributed by atoms with Gasteiger partial charge in [0.25, 0.3) is 10.1 Å². The molecule has 5 nitrogen and oxygen atoms in total. The summed E-state index contributed by atoms with van der Waals surface area (Å²) >= 11 is 1.47. The first-order chi connectivity index (χ1) is 11.9. The van der Waals surface area contributed by atoms with Crippen LogP contribution in [0, 0.1) is 5.82 Å². The predicted octanol–water partition coefficient (Wildman–Crippen LogP) is 3.89. The molecular weight excluding hydrogens is 363 g/mol. The SMILES string of the molecule is O=S(=O)(O)c1ccc2c(c1)CCN2c1nc(-c2ccc(F)cc2)cs1. The van der Waals surface area contributed by atoms with Crippen LogP contribution in [0.25, 0.3) is 11.3 Å². The van der Waals surface area contributed by atoms with E-state index in [1.54, 1.807) is 18.2 Å². The highest BCUT2D eigenvalue weighted by molar-refractivity contribution is 7.85. The van der Waals surface area contributed by atoms with Crippen LogP contribution in [0.4, 0.5) is 15.2 Å². The van der Waals surface area contributed by atoms with Gasteiger partial charge in [-0.05, 0) is 54.4 Å². The molecule has 0 saturated carbocycles. The van der Waals surface area contributed by atoms with Crippen LogP contribution in [0.3, 0.4) is 0 Å². The molecule has 1 N–H and O–H groups in total. The third kappa shape index (κ3) is 3.04. The summed E-state index contributed by atoms with van der Waals surface area (Å²) in [5.41, 5.74) is 3.34. The molecule has 1 aliphatic heterocycles. The molecule has 0 saturated heterocycles. The molecule has 0 bridgehead atoms. The topological polar surface area (TPSA) is 70.5 Å². The van der Waals surface area contributed by atoms with Gasteiger partial charge in [-0.3, -0.25) is 4.55 Å². The Morgan fingerprint density at radius 1 is 1.16 bits per heavy atom. The maximum absolute atomic E-state index is 13.0. The Balaban J connectivity index is 1.66. The van der Waals surface area contributed by atoms with Gasteiger partial charge in [0.05, 0.1) is 10.6 Å². The van der Waals surface area contributed by atoms with Crippen LogP contribution in [-0.2, 0) is 16.5 Å².